The Labute approximate surface area is 396 Å². The lowest BCUT2D eigenvalue weighted by Gasteiger charge is -2.26. The molecule has 0 saturated carbocycles. The van der Waals surface area contributed by atoms with Crippen molar-refractivity contribution in [3.05, 3.63) is 88.8 Å². The summed E-state index contributed by atoms with van der Waals surface area (Å²) in [6, 6.07) is 13.1. The van der Waals surface area contributed by atoms with Gasteiger partial charge in [-0.25, -0.2) is 14.6 Å². The van der Waals surface area contributed by atoms with Crippen LogP contribution in [0.3, 0.4) is 0 Å². The van der Waals surface area contributed by atoms with E-state index in [4.69, 9.17) is 16.2 Å². The van der Waals surface area contributed by atoms with Gasteiger partial charge in [-0.3, -0.25) is 19.4 Å². The lowest BCUT2D eigenvalue weighted by atomic mass is 10.0. The fourth-order valence-corrected chi connectivity index (χ4v) is 7.61. The van der Waals surface area contributed by atoms with Crippen molar-refractivity contribution in [2.45, 2.75) is 124 Å². The van der Waals surface area contributed by atoms with Gasteiger partial charge in [-0.05, 0) is 92.1 Å². The number of pyridine rings is 1. The van der Waals surface area contributed by atoms with Crippen LogP contribution in [-0.2, 0) is 27.5 Å². The monoisotopic (exact) mass is 924 g/mol. The molecule has 1 aromatic heterocycles. The molecule has 0 spiro atoms. The normalized spacial score (nSPS) is 12.9. The SMILES string of the molecule is CCCCCCCNC(C(=O)NC(CCCNC(N)=O)CNc1ccc(COC(=O)NCc2cncc(NC(=O)c3ccc4c(c3)N=C(N)CC(C(=O)N(CCC)CCC)=C4)c2)cc1)C(C)C. The zero-order valence-electron chi connectivity index (χ0n) is 40.0. The number of urea groups is 1. The summed E-state index contributed by atoms with van der Waals surface area (Å²) in [4.78, 5) is 74.6. The molecule has 0 fully saturated rings. The minimum absolute atomic E-state index is 0.0360. The second kappa shape index (κ2) is 28.5. The van der Waals surface area contributed by atoms with Crippen LogP contribution in [0.4, 0.5) is 26.7 Å². The van der Waals surface area contributed by atoms with Gasteiger partial charge in [0.15, 0.2) is 0 Å². The van der Waals surface area contributed by atoms with Crippen molar-refractivity contribution in [3.63, 3.8) is 0 Å². The molecule has 3 aromatic rings. The number of ether oxygens (including phenoxy) is 1. The van der Waals surface area contributed by atoms with Crippen LogP contribution in [0.25, 0.3) is 6.08 Å². The fourth-order valence-electron chi connectivity index (χ4n) is 7.61. The number of nitrogens with one attached hydrogen (secondary N) is 6. The molecule has 10 N–H and O–H groups in total. The zero-order chi connectivity index (χ0) is 48.6. The van der Waals surface area contributed by atoms with Crippen LogP contribution in [0.15, 0.2) is 71.5 Å². The molecule has 2 aromatic carbocycles. The van der Waals surface area contributed by atoms with Gasteiger partial charge in [-0.1, -0.05) is 78.5 Å². The van der Waals surface area contributed by atoms with Crippen molar-refractivity contribution in [1.82, 2.24) is 31.2 Å². The molecule has 364 valence electrons. The van der Waals surface area contributed by atoms with Crippen molar-refractivity contribution in [2.75, 3.05) is 43.4 Å². The van der Waals surface area contributed by atoms with Crippen LogP contribution >= 0.6 is 0 Å². The molecule has 0 bridgehead atoms. The van der Waals surface area contributed by atoms with E-state index in [-0.39, 0.29) is 49.4 Å². The molecule has 67 heavy (non-hydrogen) atoms. The zero-order valence-corrected chi connectivity index (χ0v) is 40.0. The first-order valence-electron chi connectivity index (χ1n) is 23.8. The Morgan fingerprint density at radius 3 is 2.27 bits per heavy atom. The summed E-state index contributed by atoms with van der Waals surface area (Å²) in [5, 5.41) is 18.3. The first-order valence-corrected chi connectivity index (χ1v) is 23.8. The molecule has 0 saturated heterocycles. The summed E-state index contributed by atoms with van der Waals surface area (Å²) >= 11 is 0. The maximum absolute atomic E-state index is 13.5. The van der Waals surface area contributed by atoms with E-state index in [0.717, 1.165) is 43.5 Å². The quantitative estimate of drug-likeness (QED) is 0.0343. The second-order valence-electron chi connectivity index (χ2n) is 17.3. The van der Waals surface area contributed by atoms with Gasteiger partial charge >= 0.3 is 12.1 Å². The highest BCUT2D eigenvalue weighted by molar-refractivity contribution is 6.08. The number of amidine groups is 1. The lowest BCUT2D eigenvalue weighted by Crippen LogP contribution is -2.52. The van der Waals surface area contributed by atoms with Crippen LogP contribution in [0.1, 0.15) is 126 Å². The molecule has 2 atom stereocenters. The molecule has 2 unspecified atom stereocenters. The van der Waals surface area contributed by atoms with E-state index in [0.29, 0.717) is 78.5 Å². The van der Waals surface area contributed by atoms with Crippen molar-refractivity contribution in [1.29, 1.82) is 0 Å². The Bertz CT molecular complexity index is 2140. The highest BCUT2D eigenvalue weighted by Gasteiger charge is 2.25. The number of benzene rings is 2. The number of rotatable bonds is 28. The number of hydrogen-bond donors (Lipinski definition) is 8. The summed E-state index contributed by atoms with van der Waals surface area (Å²) in [7, 11) is 0. The number of aliphatic imine (C=N–C) groups is 1. The number of aromatic nitrogens is 1. The first-order chi connectivity index (χ1) is 32.3. The van der Waals surface area contributed by atoms with E-state index < -0.39 is 18.0 Å². The average molecular weight is 924 g/mol. The molecule has 17 heteroatoms. The molecule has 2 heterocycles. The Morgan fingerprint density at radius 2 is 1.57 bits per heavy atom. The second-order valence-corrected chi connectivity index (χ2v) is 17.3. The minimum Gasteiger partial charge on any atom is -0.445 e. The third-order valence-corrected chi connectivity index (χ3v) is 11.1. The maximum atomic E-state index is 13.5. The molecule has 1 aliphatic heterocycles. The first kappa shape index (κ1) is 53.1. The van der Waals surface area contributed by atoms with Crippen molar-refractivity contribution in [2.24, 2.45) is 22.4 Å². The van der Waals surface area contributed by atoms with Crippen LogP contribution < -0.4 is 43.4 Å². The number of anilines is 2. The molecular weight excluding hydrogens is 851 g/mol. The van der Waals surface area contributed by atoms with Gasteiger partial charge in [0.2, 0.25) is 11.8 Å². The van der Waals surface area contributed by atoms with E-state index in [9.17, 15) is 24.0 Å². The number of unbranched alkanes of at least 4 members (excludes halogenated alkanes) is 4. The van der Waals surface area contributed by atoms with Crippen LogP contribution in [-0.4, -0.2) is 90.4 Å². The number of carbonyl (C=O) groups is 5. The number of amides is 6. The summed E-state index contributed by atoms with van der Waals surface area (Å²) in [5.74, 6) is -0.106. The maximum Gasteiger partial charge on any atom is 0.407 e. The number of nitrogens with two attached hydrogens (primary N) is 2. The number of alkyl carbamates (subject to hydrolysis) is 1. The lowest BCUT2D eigenvalue weighted by molar-refractivity contribution is -0.127. The van der Waals surface area contributed by atoms with E-state index in [1.165, 1.54) is 25.5 Å². The van der Waals surface area contributed by atoms with Crippen molar-refractivity contribution < 1.29 is 28.7 Å². The average Bonchev–Trinajstić information content (AvgIpc) is 3.47. The fraction of sp³-hybridized carbons (Fsp3) is 0.500. The van der Waals surface area contributed by atoms with Gasteiger partial charge in [-0.2, -0.15) is 0 Å². The van der Waals surface area contributed by atoms with Crippen molar-refractivity contribution >= 4 is 58.8 Å². The van der Waals surface area contributed by atoms with Gasteiger partial charge in [0.25, 0.3) is 5.91 Å². The van der Waals surface area contributed by atoms with E-state index in [1.807, 2.05) is 56.9 Å². The van der Waals surface area contributed by atoms with Crippen LogP contribution in [0, 0.1) is 5.92 Å². The molecule has 17 nitrogen and oxygen atoms in total. The van der Waals surface area contributed by atoms with Gasteiger partial charge in [0.05, 0.1) is 23.6 Å². The molecule has 0 radical (unpaired) electrons. The minimum atomic E-state index is -0.626. The summed E-state index contributed by atoms with van der Waals surface area (Å²) in [6.07, 6.45) is 13.2. The van der Waals surface area contributed by atoms with E-state index in [2.05, 4.69) is 48.8 Å². The summed E-state index contributed by atoms with van der Waals surface area (Å²) < 4.78 is 5.47. The molecular formula is C50H73N11O6. The summed E-state index contributed by atoms with van der Waals surface area (Å²) in [5.41, 5.74) is 16.3. The highest BCUT2D eigenvalue weighted by atomic mass is 16.5. The third-order valence-electron chi connectivity index (χ3n) is 11.1. The molecule has 0 aliphatic carbocycles. The molecule has 4 rings (SSSR count). The van der Waals surface area contributed by atoms with Gasteiger partial charge in [0, 0.05) is 73.8 Å². The molecule has 1 aliphatic rings. The standard InChI is InChI=1S/C50H73N11O6/c1-6-9-10-11-12-21-54-45(34(4)5)47(63)58-41(14-13-22-55-49(52)65)32-56-40-19-15-35(16-20-40)33-67-50(66)57-30-36-25-42(31-53-29-36)59-46(62)38-18-17-37-26-39(28-44(51)60-43(37)27-38)48(64)61(23-7-2)24-8-3/h15-20,25-27,29,31,34,41,45,54,56H,6-14,21-24,28,30,32-33H2,1-5H3,(H2,51,60)(H,57,66)(H,58,63)(H,59,62)(H3,52,55,65). The van der Waals surface area contributed by atoms with Gasteiger partial charge in [0.1, 0.15) is 12.4 Å². The number of carbonyl (C=O) groups excluding carboxylic acids is 5. The largest absolute Gasteiger partial charge is 0.445 e. The highest BCUT2D eigenvalue weighted by Crippen LogP contribution is 2.29. The Hall–Kier alpha value is -6.49. The predicted molar refractivity (Wildman–Crippen MR) is 266 cm³/mol. The number of fused-ring (bicyclic) bond motifs is 1. The van der Waals surface area contributed by atoms with E-state index in [1.54, 1.807) is 36.5 Å². The van der Waals surface area contributed by atoms with E-state index >= 15 is 0 Å². The predicted octanol–water partition coefficient (Wildman–Crippen LogP) is 7.11. The van der Waals surface area contributed by atoms with Crippen LogP contribution in [0.2, 0.25) is 0 Å². The summed E-state index contributed by atoms with van der Waals surface area (Å²) in [6.45, 7) is 13.4. The Kier molecular flexibility index (Phi) is 22.6. The number of hydrogen-bond acceptors (Lipinski definition) is 11. The molecule has 6 amide bonds. The van der Waals surface area contributed by atoms with Crippen LogP contribution in [0.5, 0.6) is 0 Å². The Balaban J connectivity index is 1.26. The topological polar surface area (TPSA) is 247 Å². The third kappa shape index (κ3) is 18.7. The van der Waals surface area contributed by atoms with Gasteiger partial charge in [-0.15, -0.1) is 0 Å². The number of nitrogens with zero attached hydrogens (tertiary/aromatic N) is 3. The smallest absolute Gasteiger partial charge is 0.407 e. The Morgan fingerprint density at radius 1 is 0.821 bits per heavy atom. The van der Waals surface area contributed by atoms with Crippen molar-refractivity contribution in [3.8, 4) is 0 Å². The van der Waals surface area contributed by atoms with Gasteiger partial charge < -0.3 is 53.0 Å². The number of primary amides is 1.